The number of imidazole rings is 1. The van der Waals surface area contributed by atoms with E-state index in [1.807, 2.05) is 18.6 Å². The number of aromatic nitrogens is 4. The molecule has 0 radical (unpaired) electrons. The smallest absolute Gasteiger partial charge is 0.127 e. The Morgan fingerprint density at radius 3 is 3.05 bits per heavy atom. The summed E-state index contributed by atoms with van der Waals surface area (Å²) in [5.74, 6) is 1.12. The first-order chi connectivity index (χ1) is 9.79. The third kappa shape index (κ3) is 2.48. The third-order valence-corrected chi connectivity index (χ3v) is 3.98. The van der Waals surface area contributed by atoms with Crippen molar-refractivity contribution in [3.05, 3.63) is 36.2 Å². The van der Waals surface area contributed by atoms with Gasteiger partial charge in [0.15, 0.2) is 0 Å². The Morgan fingerprint density at radius 1 is 1.40 bits per heavy atom. The van der Waals surface area contributed by atoms with E-state index in [0.29, 0.717) is 6.04 Å². The van der Waals surface area contributed by atoms with Crippen molar-refractivity contribution in [2.75, 3.05) is 19.6 Å². The Bertz CT molecular complexity index is 558. The van der Waals surface area contributed by atoms with E-state index in [1.54, 1.807) is 0 Å². The van der Waals surface area contributed by atoms with E-state index in [-0.39, 0.29) is 0 Å². The van der Waals surface area contributed by atoms with E-state index in [2.05, 4.69) is 49.6 Å². The SMILES string of the molecule is CCn1nccc1CN1CCNCC1c1nccn1C. The van der Waals surface area contributed by atoms with Crippen LogP contribution in [0.4, 0.5) is 0 Å². The summed E-state index contributed by atoms with van der Waals surface area (Å²) in [6, 6.07) is 2.44. The lowest BCUT2D eigenvalue weighted by molar-refractivity contribution is 0.141. The zero-order chi connectivity index (χ0) is 13.9. The predicted octanol–water partition coefficient (Wildman–Crippen LogP) is 0.783. The average Bonchev–Trinajstić information content (AvgIpc) is 3.08. The molecule has 0 saturated carbocycles. The quantitative estimate of drug-likeness (QED) is 0.895. The molecule has 6 heteroatoms. The van der Waals surface area contributed by atoms with Gasteiger partial charge in [-0.05, 0) is 13.0 Å². The van der Waals surface area contributed by atoms with Crippen molar-refractivity contribution in [3.8, 4) is 0 Å². The predicted molar refractivity (Wildman–Crippen MR) is 77.1 cm³/mol. The van der Waals surface area contributed by atoms with Crippen molar-refractivity contribution in [3.63, 3.8) is 0 Å². The number of hydrogen-bond donors (Lipinski definition) is 1. The molecular weight excluding hydrogens is 252 g/mol. The lowest BCUT2D eigenvalue weighted by atomic mass is 10.1. The fourth-order valence-corrected chi connectivity index (χ4v) is 2.88. The standard InChI is InChI=1S/C14H22N6/c1-3-20-12(4-5-17-20)11-19-9-6-15-10-13(19)14-16-7-8-18(14)2/h4-5,7-8,13,15H,3,6,9-11H2,1-2H3. The van der Waals surface area contributed by atoms with Crippen LogP contribution >= 0.6 is 0 Å². The van der Waals surface area contributed by atoms with Crippen LogP contribution in [0, 0.1) is 0 Å². The fraction of sp³-hybridized carbons (Fsp3) is 0.571. The van der Waals surface area contributed by atoms with E-state index in [1.165, 1.54) is 5.69 Å². The summed E-state index contributed by atoms with van der Waals surface area (Å²) in [5, 5.41) is 7.83. The molecule has 2 aromatic heterocycles. The van der Waals surface area contributed by atoms with Gasteiger partial charge in [0, 0.05) is 58.4 Å². The Labute approximate surface area is 119 Å². The first kappa shape index (κ1) is 13.3. The molecular formula is C14H22N6. The summed E-state index contributed by atoms with van der Waals surface area (Å²) in [7, 11) is 2.06. The molecule has 1 aliphatic rings. The maximum absolute atomic E-state index is 4.52. The summed E-state index contributed by atoms with van der Waals surface area (Å²) < 4.78 is 4.18. The molecule has 0 amide bonds. The summed E-state index contributed by atoms with van der Waals surface area (Å²) in [6.45, 7) is 6.98. The fourth-order valence-electron chi connectivity index (χ4n) is 2.88. The second-order valence-corrected chi connectivity index (χ2v) is 5.23. The number of rotatable bonds is 4. The highest BCUT2D eigenvalue weighted by Crippen LogP contribution is 2.22. The summed E-state index contributed by atoms with van der Waals surface area (Å²) in [5.41, 5.74) is 1.27. The number of aryl methyl sites for hydroxylation is 2. The molecule has 1 unspecified atom stereocenters. The molecule has 3 heterocycles. The van der Waals surface area contributed by atoms with Crippen molar-refractivity contribution in [1.82, 2.24) is 29.5 Å². The Hall–Kier alpha value is -1.66. The van der Waals surface area contributed by atoms with Crippen LogP contribution in [-0.4, -0.2) is 43.9 Å². The van der Waals surface area contributed by atoms with Gasteiger partial charge < -0.3 is 9.88 Å². The van der Waals surface area contributed by atoms with E-state index in [0.717, 1.165) is 38.5 Å². The van der Waals surface area contributed by atoms with Crippen LogP contribution in [0.5, 0.6) is 0 Å². The minimum absolute atomic E-state index is 0.323. The topological polar surface area (TPSA) is 50.9 Å². The van der Waals surface area contributed by atoms with Crippen molar-refractivity contribution in [2.24, 2.45) is 7.05 Å². The maximum Gasteiger partial charge on any atom is 0.127 e. The van der Waals surface area contributed by atoms with Crippen LogP contribution in [-0.2, 0) is 20.1 Å². The largest absolute Gasteiger partial charge is 0.337 e. The molecule has 1 saturated heterocycles. The molecule has 20 heavy (non-hydrogen) atoms. The lowest BCUT2D eigenvalue weighted by Gasteiger charge is -2.35. The van der Waals surface area contributed by atoms with Gasteiger partial charge in [0.25, 0.3) is 0 Å². The Kier molecular flexibility index (Phi) is 3.84. The van der Waals surface area contributed by atoms with Crippen molar-refractivity contribution in [1.29, 1.82) is 0 Å². The number of nitrogens with zero attached hydrogens (tertiary/aromatic N) is 5. The normalized spacial score (nSPS) is 20.4. The highest BCUT2D eigenvalue weighted by atomic mass is 15.3. The lowest BCUT2D eigenvalue weighted by Crippen LogP contribution is -2.46. The van der Waals surface area contributed by atoms with Gasteiger partial charge in [0.2, 0.25) is 0 Å². The second kappa shape index (κ2) is 5.76. The Balaban J connectivity index is 1.81. The van der Waals surface area contributed by atoms with Crippen LogP contribution in [0.3, 0.4) is 0 Å². The summed E-state index contributed by atoms with van der Waals surface area (Å²) in [4.78, 5) is 7.01. The van der Waals surface area contributed by atoms with E-state index in [9.17, 15) is 0 Å². The van der Waals surface area contributed by atoms with Crippen molar-refractivity contribution in [2.45, 2.75) is 26.1 Å². The van der Waals surface area contributed by atoms with Crippen molar-refractivity contribution < 1.29 is 0 Å². The number of nitrogens with one attached hydrogen (secondary N) is 1. The molecule has 1 aliphatic heterocycles. The van der Waals surface area contributed by atoms with E-state index in [4.69, 9.17) is 0 Å². The van der Waals surface area contributed by atoms with Crippen LogP contribution in [0.2, 0.25) is 0 Å². The van der Waals surface area contributed by atoms with Crippen LogP contribution in [0.15, 0.2) is 24.7 Å². The number of piperazine rings is 1. The van der Waals surface area contributed by atoms with Gasteiger partial charge in [0.1, 0.15) is 5.82 Å². The minimum atomic E-state index is 0.323. The third-order valence-electron chi connectivity index (χ3n) is 3.98. The molecule has 0 aliphatic carbocycles. The van der Waals surface area contributed by atoms with Gasteiger partial charge in [-0.15, -0.1) is 0 Å². The zero-order valence-electron chi connectivity index (χ0n) is 12.2. The van der Waals surface area contributed by atoms with Gasteiger partial charge >= 0.3 is 0 Å². The molecule has 0 spiro atoms. The van der Waals surface area contributed by atoms with Crippen LogP contribution in [0.25, 0.3) is 0 Å². The molecule has 0 aromatic carbocycles. The van der Waals surface area contributed by atoms with E-state index >= 15 is 0 Å². The number of hydrogen-bond acceptors (Lipinski definition) is 4. The molecule has 0 bridgehead atoms. The Morgan fingerprint density at radius 2 is 2.30 bits per heavy atom. The molecule has 2 aromatic rings. The molecule has 6 nitrogen and oxygen atoms in total. The highest BCUT2D eigenvalue weighted by Gasteiger charge is 2.27. The molecule has 1 N–H and O–H groups in total. The minimum Gasteiger partial charge on any atom is -0.337 e. The van der Waals surface area contributed by atoms with Gasteiger partial charge in [-0.2, -0.15) is 5.10 Å². The van der Waals surface area contributed by atoms with Crippen molar-refractivity contribution >= 4 is 0 Å². The van der Waals surface area contributed by atoms with Gasteiger partial charge in [-0.3, -0.25) is 9.58 Å². The molecule has 3 rings (SSSR count). The van der Waals surface area contributed by atoms with E-state index < -0.39 is 0 Å². The summed E-state index contributed by atoms with van der Waals surface area (Å²) in [6.07, 6.45) is 5.77. The monoisotopic (exact) mass is 274 g/mol. The molecule has 108 valence electrons. The molecule has 1 atom stereocenters. The second-order valence-electron chi connectivity index (χ2n) is 5.23. The van der Waals surface area contributed by atoms with Gasteiger partial charge in [-0.1, -0.05) is 0 Å². The maximum atomic E-state index is 4.52. The zero-order valence-corrected chi connectivity index (χ0v) is 12.2. The first-order valence-corrected chi connectivity index (χ1v) is 7.22. The van der Waals surface area contributed by atoms with Gasteiger partial charge in [0.05, 0.1) is 11.7 Å². The average molecular weight is 274 g/mol. The first-order valence-electron chi connectivity index (χ1n) is 7.22. The highest BCUT2D eigenvalue weighted by molar-refractivity contribution is 5.06. The van der Waals surface area contributed by atoms with Crippen LogP contribution in [0.1, 0.15) is 24.5 Å². The van der Waals surface area contributed by atoms with Gasteiger partial charge in [-0.25, -0.2) is 4.98 Å². The molecule has 1 fully saturated rings. The summed E-state index contributed by atoms with van der Waals surface area (Å²) >= 11 is 0. The van der Waals surface area contributed by atoms with Crippen LogP contribution < -0.4 is 5.32 Å².